The molecule has 0 aromatic heterocycles. The van der Waals surface area contributed by atoms with Gasteiger partial charge in [0.25, 0.3) is 5.91 Å². The lowest BCUT2D eigenvalue weighted by Crippen LogP contribution is -2.61. The minimum atomic E-state index is -0.491. The van der Waals surface area contributed by atoms with Crippen molar-refractivity contribution in [3.05, 3.63) is 29.3 Å². The first-order valence-corrected chi connectivity index (χ1v) is 11.6. The zero-order valence-electron chi connectivity index (χ0n) is 18.9. The average Bonchev–Trinajstić information content (AvgIpc) is 2.69. The summed E-state index contributed by atoms with van der Waals surface area (Å²) in [6.07, 6.45) is 4.84. The maximum absolute atomic E-state index is 13.3. The molecule has 31 heavy (non-hydrogen) atoms. The normalized spacial score (nSPS) is 35.9. The number of methoxy groups -OCH3 is 1. The van der Waals surface area contributed by atoms with E-state index in [9.17, 15) is 9.90 Å². The Labute approximate surface area is 185 Å². The van der Waals surface area contributed by atoms with Crippen molar-refractivity contribution in [2.75, 3.05) is 20.3 Å². The molecule has 1 amide bonds. The number of hydrogen-bond acceptors (Lipinski definition) is 5. The molecule has 2 unspecified atom stereocenters. The zero-order chi connectivity index (χ0) is 21.8. The highest BCUT2D eigenvalue weighted by Crippen LogP contribution is 2.55. The van der Waals surface area contributed by atoms with Gasteiger partial charge >= 0.3 is 7.12 Å². The summed E-state index contributed by atoms with van der Waals surface area (Å²) >= 11 is 0. The van der Waals surface area contributed by atoms with Crippen molar-refractivity contribution < 1.29 is 23.9 Å². The van der Waals surface area contributed by atoms with Crippen LogP contribution in [0.1, 0.15) is 61.9 Å². The van der Waals surface area contributed by atoms with Crippen molar-refractivity contribution in [2.45, 2.75) is 64.2 Å². The van der Waals surface area contributed by atoms with E-state index in [0.717, 1.165) is 43.1 Å². The van der Waals surface area contributed by atoms with E-state index in [0.29, 0.717) is 43.1 Å². The van der Waals surface area contributed by atoms with Gasteiger partial charge in [0.2, 0.25) is 0 Å². The maximum Gasteiger partial charge on any atom is 0.493 e. The summed E-state index contributed by atoms with van der Waals surface area (Å²) in [7, 11) is 1.23. The molecule has 0 radical (unpaired) electrons. The number of aliphatic hydroxyl groups is 1. The van der Waals surface area contributed by atoms with Crippen LogP contribution in [0.15, 0.2) is 18.2 Å². The molecule has 1 aliphatic heterocycles. The molecular formula is C24H34BNO5. The van der Waals surface area contributed by atoms with Gasteiger partial charge in [0, 0.05) is 37.3 Å². The van der Waals surface area contributed by atoms with Crippen LogP contribution in [0.2, 0.25) is 0 Å². The lowest BCUT2D eigenvalue weighted by Gasteiger charge is -2.58. The Hall–Kier alpha value is -1.41. The molecule has 168 valence electrons. The van der Waals surface area contributed by atoms with Gasteiger partial charge in [-0.05, 0) is 67.0 Å². The molecule has 6 nitrogen and oxygen atoms in total. The number of rotatable bonds is 5. The first-order valence-electron chi connectivity index (χ1n) is 11.6. The third-order valence-corrected chi connectivity index (χ3v) is 7.74. The maximum atomic E-state index is 13.3. The van der Waals surface area contributed by atoms with Gasteiger partial charge in [-0.15, -0.1) is 0 Å². The highest BCUT2D eigenvalue weighted by molar-refractivity contribution is 6.61. The van der Waals surface area contributed by atoms with E-state index in [1.54, 1.807) is 7.11 Å². The van der Waals surface area contributed by atoms with E-state index >= 15 is 0 Å². The molecule has 5 fully saturated rings. The number of ether oxygens (including phenoxy) is 1. The molecule has 1 aromatic rings. The second kappa shape index (κ2) is 7.87. The van der Waals surface area contributed by atoms with Crippen molar-refractivity contribution in [3.63, 3.8) is 0 Å². The number of carbonyl (C=O) groups is 1. The van der Waals surface area contributed by atoms with Gasteiger partial charge in [-0.25, -0.2) is 0 Å². The summed E-state index contributed by atoms with van der Waals surface area (Å²) in [6, 6.07) is 5.93. The number of hydrogen-bond donors (Lipinski definition) is 2. The molecule has 1 saturated heterocycles. The van der Waals surface area contributed by atoms with Crippen LogP contribution in [0.3, 0.4) is 0 Å². The lowest BCUT2D eigenvalue weighted by atomic mass is 9.52. The standard InChI is InChI=1S/C24H34BNO5/c1-23(2)13-30-25(31-14-23)19-4-5-20(18(8-19)12-29-3)22(27)26-21-16-6-15-7-17(21)11-24(28,9-15)10-16/h4-5,8,15-17,21,28H,6-7,9-14H2,1-3H3,(H,26,27)/t15?,16?,17?,21-,24-. The number of nitrogens with one attached hydrogen (secondary N) is 1. The Balaban J connectivity index is 1.32. The minimum Gasteiger partial charge on any atom is -0.407 e. The highest BCUT2D eigenvalue weighted by Gasteiger charge is 2.55. The van der Waals surface area contributed by atoms with Gasteiger partial charge < -0.3 is 24.5 Å². The summed E-state index contributed by atoms with van der Waals surface area (Å²) in [5, 5.41) is 14.2. The molecule has 0 spiro atoms. The second-order valence-corrected chi connectivity index (χ2v) is 11.2. The van der Waals surface area contributed by atoms with Gasteiger partial charge in [0.15, 0.2) is 0 Å². The summed E-state index contributed by atoms with van der Waals surface area (Å²) in [6.45, 7) is 5.87. The molecular weight excluding hydrogens is 393 g/mol. The van der Waals surface area contributed by atoms with Crippen LogP contribution in [-0.2, 0) is 20.7 Å². The van der Waals surface area contributed by atoms with E-state index in [-0.39, 0.29) is 17.4 Å². The Bertz CT molecular complexity index is 832. The number of benzene rings is 1. The predicted octanol–water partition coefficient (Wildman–Crippen LogP) is 2.27. The fourth-order valence-electron chi connectivity index (χ4n) is 6.59. The van der Waals surface area contributed by atoms with Gasteiger partial charge in [-0.3, -0.25) is 4.79 Å². The predicted molar refractivity (Wildman–Crippen MR) is 118 cm³/mol. The molecule has 4 aliphatic carbocycles. The Kier molecular flexibility index (Phi) is 5.44. The first-order chi connectivity index (χ1) is 14.8. The van der Waals surface area contributed by atoms with Crippen molar-refractivity contribution in [2.24, 2.45) is 23.2 Å². The number of carbonyl (C=O) groups excluding carboxylic acids is 1. The molecule has 2 N–H and O–H groups in total. The summed E-state index contributed by atoms with van der Waals surface area (Å²) < 4.78 is 17.2. The van der Waals surface area contributed by atoms with Crippen molar-refractivity contribution >= 4 is 18.5 Å². The molecule has 2 atom stereocenters. The molecule has 1 aromatic carbocycles. The Morgan fingerprint density at radius 3 is 2.48 bits per heavy atom. The van der Waals surface area contributed by atoms with Crippen LogP contribution in [0, 0.1) is 23.2 Å². The van der Waals surface area contributed by atoms with E-state index in [4.69, 9.17) is 14.0 Å². The smallest absolute Gasteiger partial charge is 0.407 e. The topological polar surface area (TPSA) is 77.0 Å². The fourth-order valence-corrected chi connectivity index (χ4v) is 6.59. The van der Waals surface area contributed by atoms with Crippen molar-refractivity contribution in [1.82, 2.24) is 5.32 Å². The van der Waals surface area contributed by atoms with Gasteiger partial charge in [-0.1, -0.05) is 26.0 Å². The van der Waals surface area contributed by atoms with E-state index in [2.05, 4.69) is 19.2 Å². The summed E-state index contributed by atoms with van der Waals surface area (Å²) in [5.41, 5.74) is 1.93. The third-order valence-electron chi connectivity index (χ3n) is 7.74. The molecule has 6 rings (SSSR count). The van der Waals surface area contributed by atoms with Crippen LogP contribution in [0.5, 0.6) is 0 Å². The van der Waals surface area contributed by atoms with Crippen LogP contribution in [0.4, 0.5) is 0 Å². The number of amides is 1. The Morgan fingerprint density at radius 2 is 1.87 bits per heavy atom. The molecule has 4 saturated carbocycles. The zero-order valence-corrected chi connectivity index (χ0v) is 18.9. The lowest BCUT2D eigenvalue weighted by molar-refractivity contribution is -0.136. The van der Waals surface area contributed by atoms with Crippen LogP contribution >= 0.6 is 0 Å². The molecule has 7 heteroatoms. The molecule has 1 heterocycles. The Morgan fingerprint density at radius 1 is 1.19 bits per heavy atom. The fraction of sp³-hybridized carbons (Fsp3) is 0.708. The monoisotopic (exact) mass is 427 g/mol. The van der Waals surface area contributed by atoms with Gasteiger partial charge in [0.1, 0.15) is 0 Å². The van der Waals surface area contributed by atoms with Gasteiger partial charge in [-0.2, -0.15) is 0 Å². The van der Waals surface area contributed by atoms with E-state index in [1.165, 1.54) is 0 Å². The first kappa shape index (κ1) is 21.4. The van der Waals surface area contributed by atoms with Crippen molar-refractivity contribution in [1.29, 1.82) is 0 Å². The quantitative estimate of drug-likeness (QED) is 0.706. The van der Waals surface area contributed by atoms with Crippen molar-refractivity contribution in [3.8, 4) is 0 Å². The average molecular weight is 427 g/mol. The second-order valence-electron chi connectivity index (χ2n) is 11.2. The molecule has 4 bridgehead atoms. The summed E-state index contributed by atoms with van der Waals surface area (Å²) in [4.78, 5) is 13.3. The largest absolute Gasteiger partial charge is 0.493 e. The van der Waals surface area contributed by atoms with E-state index in [1.807, 2.05) is 18.2 Å². The molecule has 5 aliphatic rings. The van der Waals surface area contributed by atoms with E-state index < -0.39 is 12.7 Å². The van der Waals surface area contributed by atoms with Crippen LogP contribution in [-0.4, -0.2) is 50.1 Å². The van der Waals surface area contributed by atoms with Crippen LogP contribution < -0.4 is 10.8 Å². The van der Waals surface area contributed by atoms with Crippen LogP contribution in [0.25, 0.3) is 0 Å². The minimum absolute atomic E-state index is 0.0114. The van der Waals surface area contributed by atoms with Gasteiger partial charge in [0.05, 0.1) is 12.2 Å². The summed E-state index contributed by atoms with van der Waals surface area (Å²) in [5.74, 6) is 1.35. The SMILES string of the molecule is COCc1cc(B2OCC(C)(C)CO2)ccc1C(=O)N[C@H]1C2CC3CC1C[C@](O)(C3)C2. The highest BCUT2D eigenvalue weighted by atomic mass is 16.6. The third kappa shape index (κ3) is 4.18.